The Bertz CT molecular complexity index is 657. The van der Waals surface area contributed by atoms with Crippen LogP contribution in [0.5, 0.6) is 0 Å². The van der Waals surface area contributed by atoms with E-state index >= 15 is 0 Å². The first-order valence-corrected chi connectivity index (χ1v) is 8.60. The van der Waals surface area contributed by atoms with Crippen molar-refractivity contribution in [3.63, 3.8) is 0 Å². The monoisotopic (exact) mass is 332 g/mol. The molecule has 0 saturated heterocycles. The first-order valence-electron chi connectivity index (χ1n) is 8.60. The third kappa shape index (κ3) is 3.65. The lowest BCUT2D eigenvalue weighted by atomic mass is 9.80. The van der Waals surface area contributed by atoms with Crippen LogP contribution in [0.1, 0.15) is 23.6 Å². The molecule has 0 amide bonds. The molecule has 0 fully saturated rings. The first-order chi connectivity index (χ1) is 12.3. The van der Waals surface area contributed by atoms with Crippen LogP contribution < -0.4 is 0 Å². The van der Waals surface area contributed by atoms with Crippen molar-refractivity contribution in [3.8, 4) is 0 Å². The molecule has 0 N–H and O–H groups in total. The third-order valence-electron chi connectivity index (χ3n) is 4.48. The molecule has 0 spiro atoms. The van der Waals surface area contributed by atoms with Crippen LogP contribution >= 0.6 is 0 Å². The fourth-order valence-corrected chi connectivity index (χ4v) is 3.08. The van der Waals surface area contributed by atoms with Crippen molar-refractivity contribution >= 4 is 0 Å². The highest BCUT2D eigenvalue weighted by atomic mass is 16.5. The van der Waals surface area contributed by atoms with Crippen molar-refractivity contribution in [2.75, 3.05) is 13.7 Å². The molecule has 0 heterocycles. The molecular formula is C23H24O2. The van der Waals surface area contributed by atoms with Gasteiger partial charge in [0.05, 0.1) is 12.7 Å². The van der Waals surface area contributed by atoms with Gasteiger partial charge in [0.25, 0.3) is 0 Å². The minimum absolute atomic E-state index is 0.00973. The summed E-state index contributed by atoms with van der Waals surface area (Å²) in [4.78, 5) is 0. The molecule has 25 heavy (non-hydrogen) atoms. The standard InChI is InChI=1S/C23H24O2/c1-19(24-2)18-25-23(20-12-6-3-7-13-20,21-14-8-4-9-15-21)22-16-10-5-11-17-22/h3-17,19H,18H2,1-2H3. The van der Waals surface area contributed by atoms with E-state index in [0.717, 1.165) is 16.7 Å². The second-order valence-electron chi connectivity index (χ2n) is 6.14. The van der Waals surface area contributed by atoms with Crippen LogP contribution in [0, 0.1) is 0 Å². The Morgan fingerprint density at radius 3 is 1.36 bits per heavy atom. The number of benzene rings is 3. The highest BCUT2D eigenvalue weighted by Crippen LogP contribution is 2.40. The van der Waals surface area contributed by atoms with Crippen molar-refractivity contribution in [1.29, 1.82) is 0 Å². The molecule has 3 aromatic carbocycles. The van der Waals surface area contributed by atoms with E-state index in [4.69, 9.17) is 9.47 Å². The van der Waals surface area contributed by atoms with Crippen LogP contribution in [0.25, 0.3) is 0 Å². The Labute approximate surface area is 150 Å². The smallest absolute Gasteiger partial charge is 0.143 e. The van der Waals surface area contributed by atoms with Gasteiger partial charge in [0.2, 0.25) is 0 Å². The van der Waals surface area contributed by atoms with E-state index in [1.807, 2.05) is 25.1 Å². The zero-order valence-corrected chi connectivity index (χ0v) is 14.8. The van der Waals surface area contributed by atoms with E-state index in [9.17, 15) is 0 Å². The summed E-state index contributed by atoms with van der Waals surface area (Å²) < 4.78 is 12.0. The Hall–Kier alpha value is -2.42. The first kappa shape index (κ1) is 17.4. The molecule has 0 saturated carbocycles. The molecule has 1 unspecified atom stereocenters. The molecule has 128 valence electrons. The SMILES string of the molecule is COC(C)COC(c1ccccc1)(c1ccccc1)c1ccccc1. The Balaban J connectivity index is 2.20. The minimum atomic E-state index is -0.670. The molecule has 0 bridgehead atoms. The van der Waals surface area contributed by atoms with E-state index < -0.39 is 5.60 Å². The predicted octanol–water partition coefficient (Wildman–Crippen LogP) is 5.03. The maximum atomic E-state index is 6.62. The van der Waals surface area contributed by atoms with Gasteiger partial charge in [0.15, 0.2) is 0 Å². The third-order valence-corrected chi connectivity index (χ3v) is 4.48. The molecule has 0 aliphatic carbocycles. The normalized spacial score (nSPS) is 12.7. The maximum absolute atomic E-state index is 6.62. The molecule has 1 atom stereocenters. The molecule has 2 heteroatoms. The Kier molecular flexibility index (Phi) is 5.64. The largest absolute Gasteiger partial charge is 0.379 e. The lowest BCUT2D eigenvalue weighted by molar-refractivity contribution is -0.0453. The summed E-state index contributed by atoms with van der Waals surface area (Å²) in [5.41, 5.74) is 2.65. The maximum Gasteiger partial charge on any atom is 0.143 e. The summed E-state index contributed by atoms with van der Waals surface area (Å²) in [5.74, 6) is 0. The van der Waals surface area contributed by atoms with Crippen molar-refractivity contribution in [2.24, 2.45) is 0 Å². The van der Waals surface area contributed by atoms with E-state index in [-0.39, 0.29) is 6.10 Å². The Morgan fingerprint density at radius 2 is 1.04 bits per heavy atom. The fourth-order valence-electron chi connectivity index (χ4n) is 3.08. The summed E-state index contributed by atoms with van der Waals surface area (Å²) >= 11 is 0. The second kappa shape index (κ2) is 8.11. The van der Waals surface area contributed by atoms with Gasteiger partial charge in [-0.1, -0.05) is 91.0 Å². The van der Waals surface area contributed by atoms with Gasteiger partial charge in [-0.15, -0.1) is 0 Å². The minimum Gasteiger partial charge on any atom is -0.379 e. The number of ether oxygens (including phenoxy) is 2. The van der Waals surface area contributed by atoms with Crippen molar-refractivity contribution in [3.05, 3.63) is 108 Å². The molecular weight excluding hydrogens is 308 g/mol. The summed E-state index contributed by atoms with van der Waals surface area (Å²) in [6.45, 7) is 2.51. The van der Waals surface area contributed by atoms with Crippen LogP contribution in [0.15, 0.2) is 91.0 Å². The van der Waals surface area contributed by atoms with Crippen LogP contribution in [0.4, 0.5) is 0 Å². The van der Waals surface area contributed by atoms with Crippen LogP contribution in [0.2, 0.25) is 0 Å². The highest BCUT2D eigenvalue weighted by molar-refractivity contribution is 5.47. The average molecular weight is 332 g/mol. The lowest BCUT2D eigenvalue weighted by Crippen LogP contribution is -2.35. The summed E-state index contributed by atoms with van der Waals surface area (Å²) in [6, 6.07) is 31.2. The zero-order chi connectivity index (χ0) is 17.5. The molecule has 0 aromatic heterocycles. The predicted molar refractivity (Wildman–Crippen MR) is 102 cm³/mol. The number of rotatable bonds is 7. The van der Waals surface area contributed by atoms with Gasteiger partial charge in [-0.3, -0.25) is 0 Å². The molecule has 0 aliphatic rings. The van der Waals surface area contributed by atoms with Gasteiger partial charge in [-0.25, -0.2) is 0 Å². The number of hydrogen-bond acceptors (Lipinski definition) is 2. The van der Waals surface area contributed by atoms with Gasteiger partial charge in [0, 0.05) is 7.11 Å². The number of hydrogen-bond donors (Lipinski definition) is 0. The van der Waals surface area contributed by atoms with E-state index in [1.165, 1.54) is 0 Å². The van der Waals surface area contributed by atoms with Crippen LogP contribution in [-0.4, -0.2) is 19.8 Å². The van der Waals surface area contributed by atoms with E-state index in [1.54, 1.807) is 7.11 Å². The Morgan fingerprint density at radius 1 is 0.680 bits per heavy atom. The molecule has 0 aliphatic heterocycles. The van der Waals surface area contributed by atoms with E-state index in [0.29, 0.717) is 6.61 Å². The average Bonchev–Trinajstić information content (AvgIpc) is 2.71. The van der Waals surface area contributed by atoms with Gasteiger partial charge in [-0.05, 0) is 23.6 Å². The quantitative estimate of drug-likeness (QED) is 0.565. The van der Waals surface area contributed by atoms with Crippen LogP contribution in [-0.2, 0) is 15.1 Å². The zero-order valence-electron chi connectivity index (χ0n) is 14.8. The molecule has 2 nitrogen and oxygen atoms in total. The van der Waals surface area contributed by atoms with Crippen molar-refractivity contribution in [1.82, 2.24) is 0 Å². The highest BCUT2D eigenvalue weighted by Gasteiger charge is 2.37. The van der Waals surface area contributed by atoms with Gasteiger partial charge in [-0.2, -0.15) is 0 Å². The van der Waals surface area contributed by atoms with Gasteiger partial charge in [0.1, 0.15) is 5.60 Å². The van der Waals surface area contributed by atoms with Crippen molar-refractivity contribution < 1.29 is 9.47 Å². The van der Waals surface area contributed by atoms with Crippen molar-refractivity contribution in [2.45, 2.75) is 18.6 Å². The fraction of sp³-hybridized carbons (Fsp3) is 0.217. The van der Waals surface area contributed by atoms with Gasteiger partial charge < -0.3 is 9.47 Å². The topological polar surface area (TPSA) is 18.5 Å². The number of methoxy groups -OCH3 is 1. The summed E-state index contributed by atoms with van der Waals surface area (Å²) in [6.07, 6.45) is 0.00973. The van der Waals surface area contributed by atoms with Crippen LogP contribution in [0.3, 0.4) is 0 Å². The molecule has 0 radical (unpaired) electrons. The molecule has 3 rings (SSSR count). The summed E-state index contributed by atoms with van der Waals surface area (Å²) in [5, 5.41) is 0. The molecule has 3 aromatic rings. The van der Waals surface area contributed by atoms with E-state index in [2.05, 4.69) is 72.8 Å². The summed E-state index contributed by atoms with van der Waals surface area (Å²) in [7, 11) is 1.71. The lowest BCUT2D eigenvalue weighted by Gasteiger charge is -2.36. The second-order valence-corrected chi connectivity index (χ2v) is 6.14. The van der Waals surface area contributed by atoms with Gasteiger partial charge >= 0.3 is 0 Å².